The lowest BCUT2D eigenvalue weighted by molar-refractivity contribution is 0.674. The lowest BCUT2D eigenvalue weighted by Crippen LogP contribution is -2.33. The molecule has 1 unspecified atom stereocenters. The Morgan fingerprint density at radius 1 is 0.400 bits per heavy atom. The van der Waals surface area contributed by atoms with Crippen molar-refractivity contribution in [2.45, 2.75) is 6.17 Å². The first-order chi connectivity index (χ1) is 24.7. The van der Waals surface area contributed by atoms with E-state index in [0.717, 1.165) is 33.9 Å². The quantitative estimate of drug-likeness (QED) is 0.194. The van der Waals surface area contributed by atoms with Gasteiger partial charge in [0.15, 0.2) is 5.84 Å². The van der Waals surface area contributed by atoms with Crippen LogP contribution in [-0.2, 0) is 0 Å². The van der Waals surface area contributed by atoms with E-state index in [1.165, 1.54) is 57.0 Å². The van der Waals surface area contributed by atoms with Gasteiger partial charge in [-0.2, -0.15) is 0 Å². The summed E-state index contributed by atoms with van der Waals surface area (Å²) in [6.45, 7) is 0. The van der Waals surface area contributed by atoms with Gasteiger partial charge in [-0.25, -0.2) is 9.98 Å². The molecule has 0 spiro atoms. The first-order valence-corrected chi connectivity index (χ1v) is 18.4. The molecule has 50 heavy (non-hydrogen) atoms. The van der Waals surface area contributed by atoms with Crippen molar-refractivity contribution in [3.05, 3.63) is 180 Å². The van der Waals surface area contributed by atoms with Gasteiger partial charge in [0.1, 0.15) is 12.0 Å². The van der Waals surface area contributed by atoms with Crippen molar-refractivity contribution >= 4 is 74.7 Å². The van der Waals surface area contributed by atoms with E-state index < -0.39 is 0 Å². The SMILES string of the molecule is c1ccc(-c2ccc(C3N=C(c4ccc5c(c4)sc4ccccc45)N=C(c4cccc(-c5ccc6c(c5)sc5ccccc56)c4)N3)cc2)cc1. The minimum atomic E-state index is -0.293. The predicted octanol–water partition coefficient (Wildman–Crippen LogP) is 12.3. The summed E-state index contributed by atoms with van der Waals surface area (Å²) in [5.74, 6) is 1.54. The summed E-state index contributed by atoms with van der Waals surface area (Å²) in [6.07, 6.45) is -0.293. The fraction of sp³-hybridized carbons (Fsp3) is 0.0222. The van der Waals surface area contributed by atoms with Crippen molar-refractivity contribution in [3.63, 3.8) is 0 Å². The summed E-state index contributed by atoms with van der Waals surface area (Å²) in [5, 5.41) is 8.88. The average Bonchev–Trinajstić information content (AvgIpc) is 3.76. The van der Waals surface area contributed by atoms with E-state index in [4.69, 9.17) is 9.98 Å². The fourth-order valence-corrected chi connectivity index (χ4v) is 9.29. The number of nitrogens with zero attached hydrogens (tertiary/aromatic N) is 2. The summed E-state index contributed by atoms with van der Waals surface area (Å²) < 4.78 is 5.15. The zero-order valence-electron chi connectivity index (χ0n) is 26.9. The summed E-state index contributed by atoms with van der Waals surface area (Å²) in [6, 6.07) is 58.6. The third kappa shape index (κ3) is 5.10. The maximum Gasteiger partial charge on any atom is 0.159 e. The molecule has 5 heteroatoms. The molecule has 0 saturated heterocycles. The van der Waals surface area contributed by atoms with Crippen LogP contribution >= 0.6 is 22.7 Å². The van der Waals surface area contributed by atoms with Crippen LogP contribution in [0.4, 0.5) is 0 Å². The van der Waals surface area contributed by atoms with Crippen molar-refractivity contribution in [1.82, 2.24) is 5.32 Å². The van der Waals surface area contributed by atoms with E-state index in [-0.39, 0.29) is 6.17 Å². The number of thiophene rings is 2. The Labute approximate surface area is 297 Å². The molecule has 1 aliphatic rings. The number of amidine groups is 2. The highest BCUT2D eigenvalue weighted by Crippen LogP contribution is 2.37. The van der Waals surface area contributed by atoms with Gasteiger partial charge >= 0.3 is 0 Å². The maximum absolute atomic E-state index is 5.22. The van der Waals surface area contributed by atoms with Crippen LogP contribution in [-0.4, -0.2) is 11.7 Å². The van der Waals surface area contributed by atoms with Gasteiger partial charge < -0.3 is 5.32 Å². The van der Waals surface area contributed by atoms with Gasteiger partial charge in [-0.3, -0.25) is 0 Å². The van der Waals surface area contributed by atoms with Crippen LogP contribution in [0.25, 0.3) is 62.6 Å². The summed E-state index contributed by atoms with van der Waals surface area (Å²) in [7, 11) is 0. The van der Waals surface area contributed by atoms with Gasteiger partial charge in [0, 0.05) is 51.5 Å². The number of hydrogen-bond donors (Lipinski definition) is 1. The molecule has 236 valence electrons. The Hall–Kier alpha value is -5.88. The van der Waals surface area contributed by atoms with Crippen LogP contribution in [0.2, 0.25) is 0 Å². The van der Waals surface area contributed by atoms with Crippen LogP contribution in [0.15, 0.2) is 174 Å². The number of aliphatic imine (C=N–C) groups is 2. The lowest BCUT2D eigenvalue weighted by Gasteiger charge is -2.24. The smallest absolute Gasteiger partial charge is 0.159 e. The topological polar surface area (TPSA) is 36.8 Å². The van der Waals surface area contributed by atoms with Crippen molar-refractivity contribution in [1.29, 1.82) is 0 Å². The molecule has 0 saturated carbocycles. The van der Waals surface area contributed by atoms with Gasteiger partial charge in [0.25, 0.3) is 0 Å². The van der Waals surface area contributed by atoms with Crippen molar-refractivity contribution < 1.29 is 0 Å². The molecule has 3 heterocycles. The van der Waals surface area contributed by atoms with E-state index >= 15 is 0 Å². The number of rotatable bonds is 5. The van der Waals surface area contributed by atoms with Crippen molar-refractivity contribution in [2.24, 2.45) is 9.98 Å². The molecule has 0 fully saturated rings. The molecular weight excluding hydrogens is 647 g/mol. The van der Waals surface area contributed by atoms with Crippen LogP contribution in [0.3, 0.4) is 0 Å². The van der Waals surface area contributed by atoms with E-state index in [1.54, 1.807) is 0 Å². The Bertz CT molecular complexity index is 2790. The fourth-order valence-electron chi connectivity index (χ4n) is 7.00. The number of hydrogen-bond acceptors (Lipinski definition) is 5. The van der Waals surface area contributed by atoms with Crippen LogP contribution in [0.5, 0.6) is 0 Å². The zero-order valence-corrected chi connectivity index (χ0v) is 28.5. The zero-order chi connectivity index (χ0) is 33.0. The highest BCUT2D eigenvalue weighted by Gasteiger charge is 2.22. The van der Waals surface area contributed by atoms with Gasteiger partial charge in [-0.1, -0.05) is 133 Å². The van der Waals surface area contributed by atoms with Crippen LogP contribution in [0, 0.1) is 0 Å². The normalized spacial score (nSPS) is 14.6. The van der Waals surface area contributed by atoms with Crippen LogP contribution in [0.1, 0.15) is 22.9 Å². The molecule has 10 rings (SSSR count). The van der Waals surface area contributed by atoms with Crippen LogP contribution < -0.4 is 5.32 Å². The standard InChI is InChI=1S/C45H29N3S2/c1-2-9-28(10-3-1)29-17-19-30(20-18-29)43-46-44(48-45(47-43)34-22-24-38-36-14-5-7-16-40(36)50-42(38)27-34)33-12-8-11-31(25-33)32-21-23-37-35-13-4-6-15-39(35)49-41(37)26-32/h1-27,43H,(H,46,47,48). The monoisotopic (exact) mass is 675 g/mol. The summed E-state index contributed by atoms with van der Waals surface area (Å²) in [4.78, 5) is 10.4. The number of benzene rings is 7. The molecular formula is C45H29N3S2. The molecule has 0 aliphatic carbocycles. The Balaban J connectivity index is 1.06. The van der Waals surface area contributed by atoms with E-state index in [1.807, 2.05) is 22.7 Å². The number of nitrogens with one attached hydrogen (secondary N) is 1. The first kappa shape index (κ1) is 29.1. The molecule has 1 N–H and O–H groups in total. The first-order valence-electron chi connectivity index (χ1n) is 16.8. The molecule has 0 amide bonds. The van der Waals surface area contributed by atoms with E-state index in [2.05, 4.69) is 169 Å². The molecule has 0 radical (unpaired) electrons. The Morgan fingerprint density at radius 2 is 0.920 bits per heavy atom. The molecule has 1 aliphatic heterocycles. The van der Waals surface area contributed by atoms with Gasteiger partial charge in [-0.05, 0) is 58.1 Å². The lowest BCUT2D eigenvalue weighted by atomic mass is 10.00. The summed E-state index contributed by atoms with van der Waals surface area (Å²) >= 11 is 3.67. The Morgan fingerprint density at radius 3 is 1.64 bits per heavy atom. The molecule has 1 atom stereocenters. The third-order valence-corrected chi connectivity index (χ3v) is 11.8. The third-order valence-electron chi connectivity index (χ3n) is 9.56. The highest BCUT2D eigenvalue weighted by atomic mass is 32.1. The van der Waals surface area contributed by atoms with Crippen molar-refractivity contribution in [3.8, 4) is 22.3 Å². The second-order valence-corrected chi connectivity index (χ2v) is 14.8. The molecule has 9 aromatic rings. The second-order valence-electron chi connectivity index (χ2n) is 12.6. The largest absolute Gasteiger partial charge is 0.344 e. The van der Waals surface area contributed by atoms with Gasteiger partial charge in [0.05, 0.1) is 0 Å². The molecule has 7 aromatic carbocycles. The second kappa shape index (κ2) is 11.9. The average molecular weight is 676 g/mol. The highest BCUT2D eigenvalue weighted by molar-refractivity contribution is 7.26. The van der Waals surface area contributed by atoms with Gasteiger partial charge in [0.2, 0.25) is 0 Å². The van der Waals surface area contributed by atoms with Gasteiger partial charge in [-0.15, -0.1) is 22.7 Å². The maximum atomic E-state index is 5.22. The molecule has 3 nitrogen and oxygen atoms in total. The molecule has 0 bridgehead atoms. The van der Waals surface area contributed by atoms with Crippen molar-refractivity contribution in [2.75, 3.05) is 0 Å². The minimum Gasteiger partial charge on any atom is -0.344 e. The van der Waals surface area contributed by atoms with E-state index in [0.29, 0.717) is 0 Å². The van der Waals surface area contributed by atoms with E-state index in [9.17, 15) is 0 Å². The predicted molar refractivity (Wildman–Crippen MR) is 215 cm³/mol. The molecule has 2 aromatic heterocycles. The Kier molecular flexibility index (Phi) is 6.93. The number of fused-ring (bicyclic) bond motifs is 6. The summed E-state index contributed by atoms with van der Waals surface area (Å²) in [5.41, 5.74) is 7.86. The minimum absolute atomic E-state index is 0.293.